The van der Waals surface area contributed by atoms with Gasteiger partial charge in [0.2, 0.25) is 0 Å². The highest BCUT2D eigenvalue weighted by Crippen LogP contribution is 2.22. The predicted octanol–water partition coefficient (Wildman–Crippen LogP) is 2.83. The van der Waals surface area contributed by atoms with Crippen molar-refractivity contribution >= 4 is 21.8 Å². The third kappa shape index (κ3) is 5.59. The Labute approximate surface area is 181 Å². The first-order chi connectivity index (χ1) is 14.8. The number of benzene rings is 2. The van der Waals surface area contributed by atoms with Gasteiger partial charge in [-0.25, -0.2) is 13.8 Å². The number of carboxylic acid groups (broad SMARTS) is 1. The van der Waals surface area contributed by atoms with Gasteiger partial charge in [-0.15, -0.1) is 0 Å². The van der Waals surface area contributed by atoms with Gasteiger partial charge in [-0.3, -0.25) is 0 Å². The molecule has 2 aromatic carbocycles. The minimum atomic E-state index is -3.84. The zero-order valence-corrected chi connectivity index (χ0v) is 18.0. The maximum atomic E-state index is 12.5. The standard InChI is InChI=1S/C22H23N3O5S/c1-24(2)31(28,29)25-13-12-23-22(25)19(15-21(26)27)14-17-8-10-20(11-9-17)30-16-18-6-4-3-5-7-18/h3-13,15H,14,16H2,1-2H3,(H,26,27). The Morgan fingerprint density at radius 2 is 1.77 bits per heavy atom. The molecule has 3 rings (SSSR count). The molecule has 9 heteroatoms. The van der Waals surface area contributed by atoms with Crippen LogP contribution in [0.2, 0.25) is 0 Å². The molecule has 0 aliphatic rings. The van der Waals surface area contributed by atoms with E-state index < -0.39 is 16.2 Å². The molecule has 0 unspecified atom stereocenters. The number of ether oxygens (including phenoxy) is 1. The van der Waals surface area contributed by atoms with Gasteiger partial charge >= 0.3 is 16.2 Å². The first-order valence-corrected chi connectivity index (χ1v) is 10.8. The lowest BCUT2D eigenvalue weighted by Crippen LogP contribution is -2.29. The molecule has 3 aromatic rings. The first kappa shape index (κ1) is 22.3. The number of hydrogen-bond donors (Lipinski definition) is 1. The molecule has 0 amide bonds. The second kappa shape index (κ2) is 9.59. The highest BCUT2D eigenvalue weighted by atomic mass is 32.2. The molecule has 31 heavy (non-hydrogen) atoms. The van der Waals surface area contributed by atoms with Crippen molar-refractivity contribution in [1.29, 1.82) is 0 Å². The van der Waals surface area contributed by atoms with Crippen molar-refractivity contribution in [1.82, 2.24) is 13.3 Å². The van der Waals surface area contributed by atoms with E-state index in [9.17, 15) is 18.3 Å². The molecule has 0 bridgehead atoms. The van der Waals surface area contributed by atoms with Crippen LogP contribution < -0.4 is 4.74 Å². The average Bonchev–Trinajstić information content (AvgIpc) is 3.24. The molecule has 0 spiro atoms. The van der Waals surface area contributed by atoms with E-state index in [2.05, 4.69) is 4.98 Å². The lowest BCUT2D eigenvalue weighted by Gasteiger charge is -2.16. The zero-order chi connectivity index (χ0) is 22.4. The average molecular weight is 442 g/mol. The van der Waals surface area contributed by atoms with Crippen LogP contribution in [0.15, 0.2) is 73.1 Å². The molecule has 0 saturated heterocycles. The summed E-state index contributed by atoms with van der Waals surface area (Å²) in [4.78, 5) is 15.5. The van der Waals surface area contributed by atoms with Crippen LogP contribution in [0, 0.1) is 0 Å². The van der Waals surface area contributed by atoms with Gasteiger partial charge in [-0.1, -0.05) is 42.5 Å². The number of carboxylic acids is 1. The minimum Gasteiger partial charge on any atom is -0.489 e. The third-order valence-corrected chi connectivity index (χ3v) is 6.18. The normalized spacial score (nSPS) is 12.2. The molecule has 1 aromatic heterocycles. The summed E-state index contributed by atoms with van der Waals surface area (Å²) in [6.45, 7) is 0.435. The van der Waals surface area contributed by atoms with E-state index in [0.717, 1.165) is 25.5 Å². The minimum absolute atomic E-state index is 0.0560. The van der Waals surface area contributed by atoms with E-state index in [0.29, 0.717) is 12.4 Å². The van der Waals surface area contributed by atoms with E-state index in [1.807, 2.05) is 42.5 Å². The summed E-state index contributed by atoms with van der Waals surface area (Å²) in [7, 11) is -1.05. The lowest BCUT2D eigenvalue weighted by atomic mass is 10.0. The van der Waals surface area contributed by atoms with Gasteiger partial charge in [0.25, 0.3) is 0 Å². The molecule has 0 radical (unpaired) electrons. The van der Waals surface area contributed by atoms with Crippen LogP contribution in [0.5, 0.6) is 5.75 Å². The van der Waals surface area contributed by atoms with Crippen molar-refractivity contribution in [3.8, 4) is 5.75 Å². The zero-order valence-electron chi connectivity index (χ0n) is 17.2. The quantitative estimate of drug-likeness (QED) is 0.513. The van der Waals surface area contributed by atoms with Gasteiger partial charge in [-0.2, -0.15) is 12.7 Å². The molecular formula is C22H23N3O5S. The van der Waals surface area contributed by atoms with Crippen LogP contribution in [-0.2, 0) is 28.0 Å². The van der Waals surface area contributed by atoms with Gasteiger partial charge in [-0.05, 0) is 23.3 Å². The fraction of sp³-hybridized carbons (Fsp3) is 0.182. The molecule has 8 nitrogen and oxygen atoms in total. The number of carbonyl (C=O) groups is 1. The van der Waals surface area contributed by atoms with Gasteiger partial charge in [0.1, 0.15) is 12.4 Å². The summed E-state index contributed by atoms with van der Waals surface area (Å²) in [6, 6.07) is 17.0. The number of nitrogens with zero attached hydrogens (tertiary/aromatic N) is 3. The maximum absolute atomic E-state index is 12.5. The van der Waals surface area contributed by atoms with E-state index in [4.69, 9.17) is 4.74 Å². The fourth-order valence-electron chi connectivity index (χ4n) is 2.89. The number of aliphatic carboxylic acids is 1. The van der Waals surface area contributed by atoms with Crippen LogP contribution in [-0.4, -0.2) is 46.9 Å². The number of rotatable bonds is 9. The van der Waals surface area contributed by atoms with Crippen LogP contribution in [0.3, 0.4) is 0 Å². The van der Waals surface area contributed by atoms with Crippen LogP contribution in [0.25, 0.3) is 5.57 Å². The summed E-state index contributed by atoms with van der Waals surface area (Å²) in [5, 5.41) is 9.29. The third-order valence-electron chi connectivity index (χ3n) is 4.47. The van der Waals surface area contributed by atoms with Crippen molar-refractivity contribution in [3.63, 3.8) is 0 Å². The largest absolute Gasteiger partial charge is 0.489 e. The Hall–Kier alpha value is -3.43. The Morgan fingerprint density at radius 3 is 2.39 bits per heavy atom. The summed E-state index contributed by atoms with van der Waals surface area (Å²) >= 11 is 0. The van der Waals surface area contributed by atoms with E-state index >= 15 is 0 Å². The highest BCUT2D eigenvalue weighted by Gasteiger charge is 2.22. The summed E-state index contributed by atoms with van der Waals surface area (Å²) in [5.41, 5.74) is 2.10. The van der Waals surface area contributed by atoms with Crippen molar-refractivity contribution in [2.75, 3.05) is 14.1 Å². The SMILES string of the molecule is CN(C)S(=O)(=O)n1ccnc1C(=CC(=O)O)Cc1ccc(OCc2ccccc2)cc1. The Balaban J connectivity index is 1.80. The van der Waals surface area contributed by atoms with Gasteiger partial charge in [0.05, 0.1) is 0 Å². The lowest BCUT2D eigenvalue weighted by molar-refractivity contribution is -0.131. The van der Waals surface area contributed by atoms with Crippen molar-refractivity contribution in [3.05, 3.63) is 90.0 Å². The molecule has 0 aliphatic carbocycles. The molecule has 0 fully saturated rings. The van der Waals surface area contributed by atoms with E-state index in [1.165, 1.54) is 26.5 Å². The number of allylic oxidation sites excluding steroid dienone is 1. The van der Waals surface area contributed by atoms with E-state index in [-0.39, 0.29) is 17.8 Å². The van der Waals surface area contributed by atoms with Crippen LogP contribution >= 0.6 is 0 Å². The molecule has 1 N–H and O–H groups in total. The summed E-state index contributed by atoms with van der Waals surface area (Å²) in [6.07, 6.45) is 3.78. The number of hydrogen-bond acceptors (Lipinski definition) is 5. The van der Waals surface area contributed by atoms with E-state index in [1.54, 1.807) is 12.1 Å². The van der Waals surface area contributed by atoms with Crippen molar-refractivity contribution in [2.45, 2.75) is 13.0 Å². The molecule has 0 atom stereocenters. The summed E-state index contributed by atoms with van der Waals surface area (Å²) in [5.74, 6) is -0.455. The van der Waals surface area contributed by atoms with Crippen molar-refractivity contribution in [2.24, 2.45) is 0 Å². The molecule has 0 aliphatic heterocycles. The highest BCUT2D eigenvalue weighted by molar-refractivity contribution is 7.87. The molecular weight excluding hydrogens is 418 g/mol. The first-order valence-electron chi connectivity index (χ1n) is 9.43. The number of imidazole rings is 1. The second-order valence-electron chi connectivity index (χ2n) is 6.94. The van der Waals surface area contributed by atoms with Gasteiger partial charge in [0.15, 0.2) is 5.82 Å². The Morgan fingerprint density at radius 1 is 1.10 bits per heavy atom. The summed E-state index contributed by atoms with van der Waals surface area (Å²) < 4.78 is 32.9. The smallest absolute Gasteiger partial charge is 0.328 e. The van der Waals surface area contributed by atoms with Crippen LogP contribution in [0.4, 0.5) is 0 Å². The second-order valence-corrected chi connectivity index (χ2v) is 8.96. The monoisotopic (exact) mass is 441 g/mol. The Bertz CT molecular complexity index is 1170. The van der Waals surface area contributed by atoms with Crippen molar-refractivity contribution < 1.29 is 23.1 Å². The predicted molar refractivity (Wildman–Crippen MR) is 117 cm³/mol. The Kier molecular flexibility index (Phi) is 6.88. The number of aromatic nitrogens is 2. The van der Waals surface area contributed by atoms with Crippen LogP contribution in [0.1, 0.15) is 17.0 Å². The molecule has 162 valence electrons. The maximum Gasteiger partial charge on any atom is 0.328 e. The molecule has 1 heterocycles. The molecule has 0 saturated carbocycles. The fourth-order valence-corrected chi connectivity index (χ4v) is 3.83. The van der Waals surface area contributed by atoms with Gasteiger partial charge in [0, 0.05) is 44.6 Å². The van der Waals surface area contributed by atoms with Gasteiger partial charge < -0.3 is 9.84 Å². The topological polar surface area (TPSA) is 102 Å².